The molecule has 0 aliphatic heterocycles. The van der Waals surface area contributed by atoms with Crippen LogP contribution in [0.25, 0.3) is 22.4 Å². The van der Waals surface area contributed by atoms with Crippen molar-refractivity contribution >= 4 is 32.7 Å². The molecule has 0 bridgehead atoms. The number of anilines is 1. The van der Waals surface area contributed by atoms with Crippen molar-refractivity contribution in [3.05, 3.63) is 46.9 Å². The average molecular weight is 342 g/mol. The van der Waals surface area contributed by atoms with Gasteiger partial charge < -0.3 is 9.88 Å². The van der Waals surface area contributed by atoms with Crippen molar-refractivity contribution in [1.82, 2.24) is 9.55 Å². The highest BCUT2D eigenvalue weighted by Crippen LogP contribution is 2.42. The second-order valence-corrected chi connectivity index (χ2v) is 6.38. The number of rotatable bonds is 3. The number of aromatic nitrogens is 2. The SMILES string of the molecule is CNc1ccccc1-c1nc2cc(Br)ccc2n1C1CC1. The molecule has 1 aliphatic rings. The summed E-state index contributed by atoms with van der Waals surface area (Å²) in [6, 6.07) is 15.3. The van der Waals surface area contributed by atoms with Crippen molar-refractivity contribution in [1.29, 1.82) is 0 Å². The zero-order valence-corrected chi connectivity index (χ0v) is 13.4. The van der Waals surface area contributed by atoms with Crippen LogP contribution in [0.5, 0.6) is 0 Å². The molecular formula is C17H16BrN3. The van der Waals surface area contributed by atoms with Crippen molar-refractivity contribution in [2.75, 3.05) is 12.4 Å². The van der Waals surface area contributed by atoms with E-state index in [0.29, 0.717) is 6.04 Å². The maximum atomic E-state index is 4.91. The number of benzene rings is 2. The molecule has 106 valence electrons. The molecule has 21 heavy (non-hydrogen) atoms. The average Bonchev–Trinajstić information content (AvgIpc) is 3.27. The Bertz CT molecular complexity index is 818. The molecular weight excluding hydrogens is 326 g/mol. The quantitative estimate of drug-likeness (QED) is 0.738. The Hall–Kier alpha value is -1.81. The number of para-hydroxylation sites is 1. The lowest BCUT2D eigenvalue weighted by Crippen LogP contribution is -2.00. The van der Waals surface area contributed by atoms with Gasteiger partial charge >= 0.3 is 0 Å². The van der Waals surface area contributed by atoms with Gasteiger partial charge in [-0.05, 0) is 43.2 Å². The van der Waals surface area contributed by atoms with Crippen LogP contribution in [0.3, 0.4) is 0 Å². The lowest BCUT2D eigenvalue weighted by Gasteiger charge is -2.11. The van der Waals surface area contributed by atoms with Gasteiger partial charge in [-0.3, -0.25) is 0 Å². The van der Waals surface area contributed by atoms with Crippen molar-refractivity contribution in [3.8, 4) is 11.4 Å². The van der Waals surface area contributed by atoms with Gasteiger partial charge in [0.2, 0.25) is 0 Å². The first-order valence-electron chi connectivity index (χ1n) is 7.22. The highest BCUT2D eigenvalue weighted by molar-refractivity contribution is 9.10. The van der Waals surface area contributed by atoms with Crippen molar-refractivity contribution in [2.45, 2.75) is 18.9 Å². The van der Waals surface area contributed by atoms with Crippen LogP contribution in [0.15, 0.2) is 46.9 Å². The molecule has 1 aliphatic carbocycles. The molecule has 0 atom stereocenters. The molecule has 0 unspecified atom stereocenters. The molecule has 1 fully saturated rings. The first-order valence-corrected chi connectivity index (χ1v) is 8.02. The van der Waals surface area contributed by atoms with E-state index in [1.54, 1.807) is 0 Å². The molecule has 4 rings (SSSR count). The zero-order chi connectivity index (χ0) is 14.4. The maximum absolute atomic E-state index is 4.91. The summed E-state index contributed by atoms with van der Waals surface area (Å²) in [6.45, 7) is 0. The van der Waals surface area contributed by atoms with Crippen LogP contribution in [-0.2, 0) is 0 Å². The minimum Gasteiger partial charge on any atom is -0.388 e. The number of imidazole rings is 1. The van der Waals surface area contributed by atoms with E-state index in [1.165, 1.54) is 23.9 Å². The van der Waals surface area contributed by atoms with E-state index in [0.717, 1.165) is 21.5 Å². The summed E-state index contributed by atoms with van der Waals surface area (Å²) in [7, 11) is 1.96. The topological polar surface area (TPSA) is 29.9 Å². The van der Waals surface area contributed by atoms with E-state index in [1.807, 2.05) is 7.05 Å². The van der Waals surface area contributed by atoms with E-state index < -0.39 is 0 Å². The van der Waals surface area contributed by atoms with Gasteiger partial charge in [0.25, 0.3) is 0 Å². The van der Waals surface area contributed by atoms with Crippen LogP contribution in [0.1, 0.15) is 18.9 Å². The monoisotopic (exact) mass is 341 g/mol. The molecule has 0 radical (unpaired) electrons. The largest absolute Gasteiger partial charge is 0.388 e. The van der Waals surface area contributed by atoms with Gasteiger partial charge in [-0.15, -0.1) is 0 Å². The summed E-state index contributed by atoms with van der Waals surface area (Å²) in [5.41, 5.74) is 4.56. The van der Waals surface area contributed by atoms with Gasteiger partial charge in [-0.2, -0.15) is 0 Å². The van der Waals surface area contributed by atoms with Crippen LogP contribution >= 0.6 is 15.9 Å². The minimum absolute atomic E-state index is 0.594. The summed E-state index contributed by atoms with van der Waals surface area (Å²) in [5, 5.41) is 3.27. The lowest BCUT2D eigenvalue weighted by molar-refractivity contribution is 0.775. The summed E-state index contributed by atoms with van der Waals surface area (Å²) in [4.78, 5) is 4.91. The smallest absolute Gasteiger partial charge is 0.143 e. The fourth-order valence-electron chi connectivity index (χ4n) is 2.86. The maximum Gasteiger partial charge on any atom is 0.143 e. The van der Waals surface area contributed by atoms with Gasteiger partial charge in [-0.1, -0.05) is 28.1 Å². The molecule has 3 aromatic rings. The second-order valence-electron chi connectivity index (χ2n) is 5.47. The number of fused-ring (bicyclic) bond motifs is 1. The highest BCUT2D eigenvalue weighted by Gasteiger charge is 2.29. The molecule has 4 heteroatoms. The van der Waals surface area contributed by atoms with Crippen LogP contribution in [-0.4, -0.2) is 16.6 Å². The summed E-state index contributed by atoms with van der Waals surface area (Å²) < 4.78 is 3.47. The Balaban J connectivity index is 2.01. The Morgan fingerprint density at radius 1 is 1.19 bits per heavy atom. The third-order valence-electron chi connectivity index (χ3n) is 4.00. The zero-order valence-electron chi connectivity index (χ0n) is 11.8. The predicted molar refractivity (Wildman–Crippen MR) is 90.7 cm³/mol. The van der Waals surface area contributed by atoms with Crippen molar-refractivity contribution < 1.29 is 0 Å². The van der Waals surface area contributed by atoms with E-state index in [9.17, 15) is 0 Å². The number of hydrogen-bond donors (Lipinski definition) is 1. The molecule has 1 heterocycles. The molecule has 0 spiro atoms. The van der Waals surface area contributed by atoms with Crippen LogP contribution in [0.4, 0.5) is 5.69 Å². The fraction of sp³-hybridized carbons (Fsp3) is 0.235. The molecule has 1 aromatic heterocycles. The van der Waals surface area contributed by atoms with Gasteiger partial charge in [-0.25, -0.2) is 4.98 Å². The van der Waals surface area contributed by atoms with Gasteiger partial charge in [0.05, 0.1) is 11.0 Å². The molecule has 3 nitrogen and oxygen atoms in total. The van der Waals surface area contributed by atoms with Gasteiger partial charge in [0.1, 0.15) is 5.82 Å². The van der Waals surface area contributed by atoms with E-state index in [-0.39, 0.29) is 0 Å². The van der Waals surface area contributed by atoms with Crippen molar-refractivity contribution in [2.24, 2.45) is 0 Å². The van der Waals surface area contributed by atoms with Gasteiger partial charge in [0, 0.05) is 28.8 Å². The lowest BCUT2D eigenvalue weighted by atomic mass is 10.1. The van der Waals surface area contributed by atoms with Crippen molar-refractivity contribution in [3.63, 3.8) is 0 Å². The normalized spacial score (nSPS) is 14.6. The third kappa shape index (κ3) is 2.14. The number of halogens is 1. The fourth-order valence-corrected chi connectivity index (χ4v) is 3.21. The third-order valence-corrected chi connectivity index (χ3v) is 4.49. The number of hydrogen-bond acceptors (Lipinski definition) is 2. The van der Waals surface area contributed by atoms with Crippen LogP contribution in [0, 0.1) is 0 Å². The Labute approximate surface area is 132 Å². The Morgan fingerprint density at radius 3 is 2.76 bits per heavy atom. The molecule has 2 aromatic carbocycles. The second kappa shape index (κ2) is 4.88. The molecule has 1 N–H and O–H groups in total. The highest BCUT2D eigenvalue weighted by atomic mass is 79.9. The molecule has 0 amide bonds. The number of nitrogens with one attached hydrogen (secondary N) is 1. The first kappa shape index (κ1) is 12.9. The van der Waals surface area contributed by atoms with E-state index in [4.69, 9.17) is 4.98 Å². The number of nitrogens with zero attached hydrogens (tertiary/aromatic N) is 2. The molecule has 1 saturated carbocycles. The van der Waals surface area contributed by atoms with E-state index >= 15 is 0 Å². The summed E-state index contributed by atoms with van der Waals surface area (Å²) in [6.07, 6.45) is 2.49. The van der Waals surface area contributed by atoms with Crippen LogP contribution < -0.4 is 5.32 Å². The Morgan fingerprint density at radius 2 is 2.00 bits per heavy atom. The summed E-state index contributed by atoms with van der Waals surface area (Å²) in [5.74, 6) is 1.07. The minimum atomic E-state index is 0.594. The standard InChI is InChI=1S/C17H16BrN3/c1-19-14-5-3-2-4-13(14)17-20-15-10-11(18)6-9-16(15)21(17)12-7-8-12/h2-6,9-10,12,19H,7-8H2,1H3. The van der Waals surface area contributed by atoms with Gasteiger partial charge in [0.15, 0.2) is 0 Å². The predicted octanol–water partition coefficient (Wildman–Crippen LogP) is 4.84. The molecule has 0 saturated heterocycles. The van der Waals surface area contributed by atoms with E-state index in [2.05, 4.69) is 68.3 Å². The summed E-state index contributed by atoms with van der Waals surface area (Å²) >= 11 is 3.54. The first-order chi connectivity index (χ1) is 10.3. The Kier molecular flexibility index (Phi) is 3.00. The van der Waals surface area contributed by atoms with Crippen LogP contribution in [0.2, 0.25) is 0 Å².